The van der Waals surface area contributed by atoms with E-state index in [4.69, 9.17) is 0 Å². The SMILES string of the molecule is COC(=O)/C=C/[C@@H](O)[C@@H]1CC(=O)C[C@H]1C1SCCCS1. The van der Waals surface area contributed by atoms with Crippen LogP contribution in [0.25, 0.3) is 0 Å². The Morgan fingerprint density at radius 2 is 2.10 bits per heavy atom. The van der Waals surface area contributed by atoms with Crippen LogP contribution in [-0.4, -0.2) is 46.2 Å². The van der Waals surface area contributed by atoms with Gasteiger partial charge in [0.15, 0.2) is 0 Å². The maximum absolute atomic E-state index is 11.8. The molecule has 6 heteroatoms. The molecule has 0 radical (unpaired) electrons. The lowest BCUT2D eigenvalue weighted by Gasteiger charge is -2.31. The van der Waals surface area contributed by atoms with E-state index in [2.05, 4.69) is 4.74 Å². The third-order valence-electron chi connectivity index (χ3n) is 3.75. The molecule has 0 bridgehead atoms. The molecule has 0 unspecified atom stereocenters. The zero-order valence-electron chi connectivity index (χ0n) is 11.5. The molecular formula is C14H20O4S2. The van der Waals surface area contributed by atoms with Crippen LogP contribution in [-0.2, 0) is 14.3 Å². The van der Waals surface area contributed by atoms with Crippen LogP contribution in [0, 0.1) is 11.8 Å². The van der Waals surface area contributed by atoms with Crippen LogP contribution in [0.4, 0.5) is 0 Å². The quantitative estimate of drug-likeness (QED) is 0.631. The van der Waals surface area contributed by atoms with Gasteiger partial charge in [-0.25, -0.2) is 4.79 Å². The summed E-state index contributed by atoms with van der Waals surface area (Å²) in [7, 11) is 1.30. The number of ketones is 1. The Kier molecular flexibility index (Phi) is 5.99. The first-order valence-electron chi connectivity index (χ1n) is 6.81. The van der Waals surface area contributed by atoms with E-state index >= 15 is 0 Å². The molecule has 3 atom stereocenters. The Morgan fingerprint density at radius 1 is 1.40 bits per heavy atom. The summed E-state index contributed by atoms with van der Waals surface area (Å²) >= 11 is 3.79. The number of methoxy groups -OCH3 is 1. The van der Waals surface area contributed by atoms with Gasteiger partial charge in [-0.15, -0.1) is 23.5 Å². The van der Waals surface area contributed by atoms with Crippen LogP contribution in [0.5, 0.6) is 0 Å². The molecule has 2 aliphatic rings. The van der Waals surface area contributed by atoms with Crippen LogP contribution in [0.3, 0.4) is 0 Å². The van der Waals surface area contributed by atoms with E-state index in [0.29, 0.717) is 17.4 Å². The lowest BCUT2D eigenvalue weighted by atomic mass is 9.91. The summed E-state index contributed by atoms with van der Waals surface area (Å²) in [5, 5.41) is 10.2. The number of Topliss-reactive ketones (excluding diaryl/α,β-unsaturated/α-hetero) is 1. The third kappa shape index (κ3) is 4.02. The monoisotopic (exact) mass is 316 g/mol. The summed E-state index contributed by atoms with van der Waals surface area (Å²) < 4.78 is 4.91. The highest BCUT2D eigenvalue weighted by atomic mass is 32.2. The van der Waals surface area contributed by atoms with Crippen LogP contribution >= 0.6 is 23.5 Å². The van der Waals surface area contributed by atoms with Crippen molar-refractivity contribution in [2.24, 2.45) is 11.8 Å². The van der Waals surface area contributed by atoms with E-state index in [1.165, 1.54) is 25.7 Å². The zero-order chi connectivity index (χ0) is 14.5. The van der Waals surface area contributed by atoms with Gasteiger partial charge in [-0.3, -0.25) is 4.79 Å². The molecule has 1 heterocycles. The second-order valence-corrected chi connectivity index (χ2v) is 7.91. The first kappa shape index (κ1) is 15.9. The molecule has 20 heavy (non-hydrogen) atoms. The molecule has 1 saturated heterocycles. The molecule has 112 valence electrons. The summed E-state index contributed by atoms with van der Waals surface area (Å²) in [6.45, 7) is 0. The van der Waals surface area contributed by atoms with E-state index in [-0.39, 0.29) is 17.6 Å². The number of hydrogen-bond donors (Lipinski definition) is 1. The van der Waals surface area contributed by atoms with Crippen molar-refractivity contribution in [1.82, 2.24) is 0 Å². The van der Waals surface area contributed by atoms with Crippen LogP contribution in [0.1, 0.15) is 19.3 Å². The van der Waals surface area contributed by atoms with E-state index in [9.17, 15) is 14.7 Å². The maximum atomic E-state index is 11.8. The van der Waals surface area contributed by atoms with Crippen molar-refractivity contribution >= 4 is 35.3 Å². The largest absolute Gasteiger partial charge is 0.466 e. The smallest absolute Gasteiger partial charge is 0.330 e. The van der Waals surface area contributed by atoms with E-state index in [1.54, 1.807) is 0 Å². The van der Waals surface area contributed by atoms with Crippen LogP contribution < -0.4 is 0 Å². The summed E-state index contributed by atoms with van der Waals surface area (Å²) in [5.74, 6) is 2.12. The number of hydrogen-bond acceptors (Lipinski definition) is 6. The Morgan fingerprint density at radius 3 is 2.75 bits per heavy atom. The molecular weight excluding hydrogens is 296 g/mol. The van der Waals surface area contributed by atoms with Crippen molar-refractivity contribution < 1.29 is 19.4 Å². The fourth-order valence-corrected chi connectivity index (χ4v) is 6.05. The van der Waals surface area contributed by atoms with Crippen molar-refractivity contribution in [3.8, 4) is 0 Å². The fraction of sp³-hybridized carbons (Fsp3) is 0.714. The van der Waals surface area contributed by atoms with Crippen molar-refractivity contribution in [3.63, 3.8) is 0 Å². The summed E-state index contributed by atoms with van der Waals surface area (Å²) in [6, 6.07) is 0. The molecule has 0 aromatic rings. The van der Waals surface area contributed by atoms with Crippen LogP contribution in [0.15, 0.2) is 12.2 Å². The molecule has 1 saturated carbocycles. The van der Waals surface area contributed by atoms with E-state index in [1.807, 2.05) is 23.5 Å². The minimum Gasteiger partial charge on any atom is -0.466 e. The Labute approximate surface area is 127 Å². The van der Waals surface area contributed by atoms with Crippen molar-refractivity contribution in [2.75, 3.05) is 18.6 Å². The van der Waals surface area contributed by atoms with Gasteiger partial charge in [-0.05, 0) is 29.9 Å². The van der Waals surface area contributed by atoms with Gasteiger partial charge in [0.05, 0.1) is 17.8 Å². The molecule has 2 fully saturated rings. The highest BCUT2D eigenvalue weighted by Crippen LogP contribution is 2.45. The maximum Gasteiger partial charge on any atom is 0.330 e. The lowest BCUT2D eigenvalue weighted by Crippen LogP contribution is -2.29. The number of rotatable bonds is 4. The second kappa shape index (κ2) is 7.52. The summed E-state index contributed by atoms with van der Waals surface area (Å²) in [4.78, 5) is 22.8. The topological polar surface area (TPSA) is 63.6 Å². The predicted molar refractivity (Wildman–Crippen MR) is 81.7 cm³/mol. The molecule has 1 N–H and O–H groups in total. The van der Waals surface area contributed by atoms with Gasteiger partial charge in [0, 0.05) is 24.8 Å². The number of ether oxygens (including phenoxy) is 1. The lowest BCUT2D eigenvalue weighted by molar-refractivity contribution is -0.134. The fourth-order valence-electron chi connectivity index (χ4n) is 2.73. The standard InChI is InChI=1S/C14H20O4S2/c1-18-13(17)4-3-12(16)10-7-9(15)8-11(10)14-19-5-2-6-20-14/h3-4,10-12,14,16H,2,5-8H2,1H3/b4-3+/t10-,11-,12-/m1/s1. The van der Waals surface area contributed by atoms with Gasteiger partial charge < -0.3 is 9.84 Å². The molecule has 1 aliphatic carbocycles. The van der Waals surface area contributed by atoms with Gasteiger partial charge >= 0.3 is 5.97 Å². The predicted octanol–water partition coefficient (Wildman–Crippen LogP) is 1.87. The van der Waals surface area contributed by atoms with Gasteiger partial charge in [0.2, 0.25) is 0 Å². The van der Waals surface area contributed by atoms with Crippen molar-refractivity contribution in [1.29, 1.82) is 0 Å². The molecule has 0 aromatic heterocycles. The van der Waals surface area contributed by atoms with E-state index in [0.717, 1.165) is 11.5 Å². The number of carbonyl (C=O) groups is 2. The highest BCUT2D eigenvalue weighted by Gasteiger charge is 2.41. The molecule has 4 nitrogen and oxygen atoms in total. The Bertz CT molecular complexity index is 391. The van der Waals surface area contributed by atoms with Gasteiger partial charge in [0.25, 0.3) is 0 Å². The van der Waals surface area contributed by atoms with Crippen LogP contribution in [0.2, 0.25) is 0 Å². The third-order valence-corrected chi connectivity index (χ3v) is 6.97. The molecule has 2 rings (SSSR count). The number of aliphatic hydroxyl groups excluding tert-OH is 1. The summed E-state index contributed by atoms with van der Waals surface area (Å²) in [5.41, 5.74) is 0. The molecule has 0 aromatic carbocycles. The number of thioether (sulfide) groups is 2. The Hall–Kier alpha value is -0.460. The minimum absolute atomic E-state index is 0.0773. The van der Waals surface area contributed by atoms with Gasteiger partial charge in [-0.2, -0.15) is 0 Å². The van der Waals surface area contributed by atoms with Crippen molar-refractivity contribution in [2.45, 2.75) is 29.9 Å². The molecule has 0 amide bonds. The average Bonchev–Trinajstić information content (AvgIpc) is 2.87. The normalized spacial score (nSPS) is 29.8. The Balaban J connectivity index is 2.01. The number of carbonyl (C=O) groups excluding carboxylic acids is 2. The first-order chi connectivity index (χ1) is 9.61. The minimum atomic E-state index is -0.756. The highest BCUT2D eigenvalue weighted by molar-refractivity contribution is 8.17. The average molecular weight is 316 g/mol. The second-order valence-electron chi connectivity index (χ2n) is 5.11. The zero-order valence-corrected chi connectivity index (χ0v) is 13.1. The number of aliphatic hydroxyl groups is 1. The summed E-state index contributed by atoms with van der Waals surface area (Å²) in [6.07, 6.45) is 4.12. The van der Waals surface area contributed by atoms with E-state index < -0.39 is 12.1 Å². The molecule has 0 spiro atoms. The van der Waals surface area contributed by atoms with Gasteiger partial charge in [-0.1, -0.05) is 0 Å². The van der Waals surface area contributed by atoms with Gasteiger partial charge in [0.1, 0.15) is 5.78 Å². The first-order valence-corrected chi connectivity index (χ1v) is 8.90. The number of esters is 1. The molecule has 1 aliphatic heterocycles. The van der Waals surface area contributed by atoms with Crippen molar-refractivity contribution in [3.05, 3.63) is 12.2 Å².